The van der Waals surface area contributed by atoms with Crippen LogP contribution in [-0.4, -0.2) is 87.4 Å². The van der Waals surface area contributed by atoms with Crippen LogP contribution in [0.15, 0.2) is 0 Å². The summed E-state index contributed by atoms with van der Waals surface area (Å²) in [5.74, 6) is 1.53. The van der Waals surface area contributed by atoms with Crippen LogP contribution < -0.4 is 5.32 Å². The van der Waals surface area contributed by atoms with Gasteiger partial charge >= 0.3 is 0 Å². The van der Waals surface area contributed by atoms with Gasteiger partial charge in [-0.15, -0.1) is 0 Å². The molecule has 0 aromatic rings. The molecular formula is C20H37N3O3. The molecule has 26 heavy (non-hydrogen) atoms. The van der Waals surface area contributed by atoms with E-state index in [0.29, 0.717) is 18.4 Å². The van der Waals surface area contributed by atoms with E-state index in [1.807, 2.05) is 0 Å². The maximum Gasteiger partial charge on any atom is 0.224 e. The van der Waals surface area contributed by atoms with Crippen LogP contribution in [0.5, 0.6) is 0 Å². The second-order valence-corrected chi connectivity index (χ2v) is 8.70. The lowest BCUT2D eigenvalue weighted by atomic mass is 9.87. The molecule has 3 aliphatic heterocycles. The van der Waals surface area contributed by atoms with Gasteiger partial charge in [-0.25, -0.2) is 0 Å². The Bertz CT molecular complexity index is 434. The summed E-state index contributed by atoms with van der Waals surface area (Å²) in [6.45, 7) is 14.0. The summed E-state index contributed by atoms with van der Waals surface area (Å²) in [4.78, 5) is 17.8. The molecule has 6 nitrogen and oxygen atoms in total. The van der Waals surface area contributed by atoms with Crippen molar-refractivity contribution in [2.45, 2.75) is 39.2 Å². The van der Waals surface area contributed by atoms with Crippen LogP contribution in [0, 0.1) is 17.8 Å². The lowest BCUT2D eigenvalue weighted by Gasteiger charge is -2.40. The first kappa shape index (κ1) is 20.1. The molecular weight excluding hydrogens is 330 g/mol. The molecule has 3 heterocycles. The first-order chi connectivity index (χ1) is 12.6. The van der Waals surface area contributed by atoms with E-state index < -0.39 is 0 Å². The molecule has 0 unspecified atom stereocenters. The molecule has 0 aliphatic carbocycles. The molecule has 0 bridgehead atoms. The summed E-state index contributed by atoms with van der Waals surface area (Å²) >= 11 is 0. The summed E-state index contributed by atoms with van der Waals surface area (Å²) in [6, 6.07) is 0. The molecule has 150 valence electrons. The van der Waals surface area contributed by atoms with E-state index in [-0.39, 0.29) is 17.9 Å². The van der Waals surface area contributed by atoms with E-state index in [4.69, 9.17) is 9.47 Å². The number of carbonyl (C=O) groups excluding carboxylic acids is 1. The Morgan fingerprint density at radius 3 is 2.65 bits per heavy atom. The lowest BCUT2D eigenvalue weighted by molar-refractivity contribution is -0.128. The number of amides is 1. The quantitative estimate of drug-likeness (QED) is 0.733. The van der Waals surface area contributed by atoms with E-state index in [2.05, 4.69) is 29.0 Å². The normalized spacial score (nSPS) is 31.4. The van der Waals surface area contributed by atoms with Crippen LogP contribution in [0.2, 0.25) is 0 Å². The molecule has 1 N–H and O–H groups in total. The molecule has 1 amide bonds. The van der Waals surface area contributed by atoms with Crippen LogP contribution in [-0.2, 0) is 14.3 Å². The maximum absolute atomic E-state index is 12.8. The monoisotopic (exact) mass is 367 g/mol. The largest absolute Gasteiger partial charge is 0.379 e. The van der Waals surface area contributed by atoms with Crippen molar-refractivity contribution in [3.8, 4) is 0 Å². The van der Waals surface area contributed by atoms with Gasteiger partial charge in [0.1, 0.15) is 0 Å². The van der Waals surface area contributed by atoms with E-state index >= 15 is 0 Å². The van der Waals surface area contributed by atoms with Crippen molar-refractivity contribution in [1.29, 1.82) is 0 Å². The number of piperidine rings is 1. The van der Waals surface area contributed by atoms with Crippen molar-refractivity contribution >= 4 is 5.91 Å². The molecule has 3 atom stereocenters. The number of nitrogens with one attached hydrogen (secondary N) is 1. The minimum atomic E-state index is 0.106. The highest BCUT2D eigenvalue weighted by Crippen LogP contribution is 2.24. The molecule has 0 spiro atoms. The van der Waals surface area contributed by atoms with E-state index in [1.165, 1.54) is 0 Å². The number of morpholine rings is 1. The minimum absolute atomic E-state index is 0.106. The summed E-state index contributed by atoms with van der Waals surface area (Å²) in [5.41, 5.74) is 0. The fraction of sp³-hybridized carbons (Fsp3) is 0.950. The standard InChI is InChI=1S/C20H37N3O3/c1-16(2)12-23-14-17(13-22-5-8-25-9-6-22)10-18(15-23)20(24)21-11-19-4-3-7-26-19/h16-19H,3-15H2,1-2H3,(H,21,24)/t17-,18-,19-/m1/s1. The Labute approximate surface area is 158 Å². The minimum Gasteiger partial charge on any atom is -0.379 e. The Kier molecular flexibility index (Phi) is 7.73. The van der Waals surface area contributed by atoms with Crippen molar-refractivity contribution in [1.82, 2.24) is 15.1 Å². The number of likely N-dealkylation sites (tertiary alicyclic amines) is 1. The van der Waals surface area contributed by atoms with Gasteiger partial charge < -0.3 is 19.7 Å². The van der Waals surface area contributed by atoms with Crippen LogP contribution in [0.3, 0.4) is 0 Å². The maximum atomic E-state index is 12.8. The van der Waals surface area contributed by atoms with E-state index in [9.17, 15) is 4.79 Å². The van der Waals surface area contributed by atoms with E-state index in [1.54, 1.807) is 0 Å². The molecule has 6 heteroatoms. The van der Waals surface area contributed by atoms with Gasteiger partial charge in [-0.2, -0.15) is 0 Å². The van der Waals surface area contributed by atoms with Gasteiger partial charge in [0.15, 0.2) is 0 Å². The zero-order chi connectivity index (χ0) is 18.4. The van der Waals surface area contributed by atoms with Gasteiger partial charge in [-0.05, 0) is 31.1 Å². The number of carbonyl (C=O) groups is 1. The van der Waals surface area contributed by atoms with Gasteiger partial charge in [0.2, 0.25) is 5.91 Å². The molecule has 0 aromatic carbocycles. The number of hydrogen-bond donors (Lipinski definition) is 1. The van der Waals surface area contributed by atoms with Crippen molar-refractivity contribution in [3.63, 3.8) is 0 Å². The third-order valence-corrected chi connectivity index (χ3v) is 5.76. The Morgan fingerprint density at radius 1 is 1.15 bits per heavy atom. The predicted octanol–water partition coefficient (Wildman–Crippen LogP) is 1.21. The molecule has 0 radical (unpaired) electrons. The van der Waals surface area contributed by atoms with Crippen molar-refractivity contribution in [3.05, 3.63) is 0 Å². The first-order valence-corrected chi connectivity index (χ1v) is 10.5. The highest BCUT2D eigenvalue weighted by molar-refractivity contribution is 5.79. The van der Waals surface area contributed by atoms with Gasteiger partial charge in [-0.3, -0.25) is 9.69 Å². The van der Waals surface area contributed by atoms with Crippen molar-refractivity contribution in [2.24, 2.45) is 17.8 Å². The van der Waals surface area contributed by atoms with Gasteiger partial charge in [-0.1, -0.05) is 13.8 Å². The van der Waals surface area contributed by atoms with Gasteiger partial charge in [0, 0.05) is 52.4 Å². The second-order valence-electron chi connectivity index (χ2n) is 8.70. The Morgan fingerprint density at radius 2 is 1.96 bits per heavy atom. The van der Waals surface area contributed by atoms with Crippen molar-refractivity contribution < 1.29 is 14.3 Å². The fourth-order valence-corrected chi connectivity index (χ4v) is 4.60. The third kappa shape index (κ3) is 6.19. The molecule has 3 rings (SSSR count). The van der Waals surface area contributed by atoms with Crippen LogP contribution >= 0.6 is 0 Å². The Hall–Kier alpha value is -0.690. The highest BCUT2D eigenvalue weighted by atomic mass is 16.5. The average molecular weight is 368 g/mol. The van der Waals surface area contributed by atoms with Crippen LogP contribution in [0.4, 0.5) is 0 Å². The first-order valence-electron chi connectivity index (χ1n) is 10.5. The van der Waals surface area contributed by atoms with Crippen LogP contribution in [0.1, 0.15) is 33.1 Å². The molecule has 0 saturated carbocycles. The summed E-state index contributed by atoms with van der Waals surface area (Å²) in [5, 5.41) is 3.17. The predicted molar refractivity (Wildman–Crippen MR) is 102 cm³/mol. The number of hydrogen-bond acceptors (Lipinski definition) is 5. The number of nitrogens with zero attached hydrogens (tertiary/aromatic N) is 2. The second kappa shape index (κ2) is 10.0. The average Bonchev–Trinajstić information content (AvgIpc) is 3.13. The third-order valence-electron chi connectivity index (χ3n) is 5.76. The van der Waals surface area contributed by atoms with Gasteiger partial charge in [0.05, 0.1) is 25.2 Å². The molecule has 3 aliphatic rings. The smallest absolute Gasteiger partial charge is 0.224 e. The zero-order valence-corrected chi connectivity index (χ0v) is 16.6. The number of ether oxygens (including phenoxy) is 2. The fourth-order valence-electron chi connectivity index (χ4n) is 4.60. The summed E-state index contributed by atoms with van der Waals surface area (Å²) in [7, 11) is 0. The zero-order valence-electron chi connectivity index (χ0n) is 16.6. The molecule has 3 fully saturated rings. The number of rotatable bonds is 7. The molecule has 0 aromatic heterocycles. The van der Waals surface area contributed by atoms with Gasteiger partial charge in [0.25, 0.3) is 0 Å². The van der Waals surface area contributed by atoms with E-state index in [0.717, 1.165) is 78.4 Å². The highest BCUT2D eigenvalue weighted by Gasteiger charge is 2.33. The Balaban J connectivity index is 1.52. The molecule has 3 saturated heterocycles. The van der Waals surface area contributed by atoms with Crippen molar-refractivity contribution in [2.75, 3.05) is 65.6 Å². The summed E-state index contributed by atoms with van der Waals surface area (Å²) in [6.07, 6.45) is 3.42. The van der Waals surface area contributed by atoms with Crippen LogP contribution in [0.25, 0.3) is 0 Å². The summed E-state index contributed by atoms with van der Waals surface area (Å²) < 4.78 is 11.1. The SMILES string of the molecule is CC(C)CN1C[C@@H](CN2CCOCC2)C[C@@H](C(=O)NC[C@H]2CCCO2)C1. The lowest BCUT2D eigenvalue weighted by Crippen LogP contribution is -2.51. The topological polar surface area (TPSA) is 54.0 Å².